The third kappa shape index (κ3) is 4.83. The Labute approximate surface area is 194 Å². The molecule has 0 amide bonds. The molecule has 3 aromatic rings. The van der Waals surface area contributed by atoms with E-state index in [1.165, 1.54) is 6.07 Å². The van der Waals surface area contributed by atoms with Crippen molar-refractivity contribution in [2.24, 2.45) is 5.73 Å². The van der Waals surface area contributed by atoms with Crippen molar-refractivity contribution in [1.29, 1.82) is 0 Å². The van der Waals surface area contributed by atoms with Crippen LogP contribution in [-0.4, -0.2) is 26.4 Å². The van der Waals surface area contributed by atoms with Gasteiger partial charge in [0.1, 0.15) is 0 Å². The molecule has 1 unspecified atom stereocenters. The van der Waals surface area contributed by atoms with Crippen molar-refractivity contribution < 1.29 is 17.9 Å². The summed E-state index contributed by atoms with van der Waals surface area (Å²) in [5.74, 6) is 6.83. The number of benzene rings is 3. The minimum absolute atomic E-state index is 0.0998. The first-order valence-corrected chi connectivity index (χ1v) is 11.5. The van der Waals surface area contributed by atoms with Crippen LogP contribution in [0.1, 0.15) is 23.1 Å². The molecule has 0 saturated heterocycles. The normalized spacial score (nSPS) is 12.5. The molecule has 0 aromatic heterocycles. The Bertz CT molecular complexity index is 1380. The number of nitrogens with two attached hydrogens (primary N) is 1. The number of carbonyl (C=O) groups excluding carboxylic acids is 1. The van der Waals surface area contributed by atoms with E-state index in [0.29, 0.717) is 5.56 Å². The monoisotopic (exact) mass is 457 g/mol. The van der Waals surface area contributed by atoms with Crippen molar-refractivity contribution >= 4 is 15.8 Å². The highest BCUT2D eigenvalue weighted by molar-refractivity contribution is 7.93. The molecular weight excluding hydrogens is 434 g/mol. The van der Waals surface area contributed by atoms with Crippen LogP contribution in [0.15, 0.2) is 77.7 Å². The van der Waals surface area contributed by atoms with E-state index in [1.54, 1.807) is 36.4 Å². The number of aryl methyl sites for hydroxylation is 1. The molecule has 3 aromatic carbocycles. The van der Waals surface area contributed by atoms with Gasteiger partial charge >= 0.3 is 5.97 Å². The minimum Gasteiger partial charge on any atom is -0.467 e. The molecule has 3 rings (SSSR count). The van der Waals surface area contributed by atoms with Crippen LogP contribution in [-0.2, 0) is 19.4 Å². The van der Waals surface area contributed by atoms with Crippen LogP contribution in [0.5, 0.6) is 0 Å². The maximum absolute atomic E-state index is 13.6. The lowest BCUT2D eigenvalue weighted by atomic mass is 10.0. The number of methoxy groups -OCH3 is 1. The number of hydrogen-bond acceptors (Lipinski definition) is 5. The molecule has 166 valence electrons. The van der Waals surface area contributed by atoms with Gasteiger partial charge in [-0.15, -0.1) is 6.42 Å². The van der Waals surface area contributed by atoms with Crippen molar-refractivity contribution in [1.82, 2.24) is 0 Å². The number of sulfone groups is 1. The molecule has 1 atom stereocenters. The van der Waals surface area contributed by atoms with E-state index in [2.05, 4.69) is 17.8 Å². The highest BCUT2D eigenvalue weighted by atomic mass is 32.2. The van der Waals surface area contributed by atoms with Gasteiger partial charge in [-0.05, 0) is 42.3 Å². The van der Waals surface area contributed by atoms with Crippen LogP contribution in [0.25, 0.3) is 11.1 Å². The van der Waals surface area contributed by atoms with Crippen molar-refractivity contribution in [3.8, 4) is 35.3 Å². The van der Waals surface area contributed by atoms with Gasteiger partial charge in [0.2, 0.25) is 14.7 Å². The van der Waals surface area contributed by atoms with E-state index in [4.69, 9.17) is 16.9 Å². The minimum atomic E-state index is -4.46. The molecule has 0 aliphatic rings. The summed E-state index contributed by atoms with van der Waals surface area (Å²) in [7, 11) is -3.38. The standard InChI is InChI=1S/C27H23NO4S/c1-4-22-19-24(23-14-12-20(2)13-15-23)16-17-25(22)33(30,31)27(28,26(29)32-3)18-8-11-21-9-6-5-7-10-21/h1,5-7,9-10,12-17,19H,18,28H2,2-3H3. The quantitative estimate of drug-likeness (QED) is 0.467. The van der Waals surface area contributed by atoms with E-state index in [-0.39, 0.29) is 10.5 Å². The van der Waals surface area contributed by atoms with Gasteiger partial charge in [-0.1, -0.05) is 71.9 Å². The zero-order chi connectivity index (χ0) is 24.1. The molecule has 0 bridgehead atoms. The second kappa shape index (κ2) is 9.75. The number of carbonyl (C=O) groups is 1. The Kier molecular flexibility index (Phi) is 7.04. The average Bonchev–Trinajstić information content (AvgIpc) is 2.83. The first-order chi connectivity index (χ1) is 15.7. The average molecular weight is 458 g/mol. The number of rotatable bonds is 5. The number of ether oxygens (including phenoxy) is 1. The highest BCUT2D eigenvalue weighted by Gasteiger charge is 2.49. The molecule has 0 saturated carbocycles. The zero-order valence-corrected chi connectivity index (χ0v) is 19.1. The maximum Gasteiger partial charge on any atom is 0.343 e. The van der Waals surface area contributed by atoms with Gasteiger partial charge in [-0.25, -0.2) is 13.2 Å². The van der Waals surface area contributed by atoms with Crippen LogP contribution in [0.2, 0.25) is 0 Å². The second-order valence-corrected chi connectivity index (χ2v) is 9.63. The van der Waals surface area contributed by atoms with E-state index in [9.17, 15) is 13.2 Å². The van der Waals surface area contributed by atoms with Gasteiger partial charge in [-0.3, -0.25) is 0 Å². The summed E-state index contributed by atoms with van der Waals surface area (Å²) in [6, 6.07) is 21.3. The first-order valence-electron chi connectivity index (χ1n) is 10.1. The van der Waals surface area contributed by atoms with E-state index in [1.807, 2.05) is 37.3 Å². The molecule has 33 heavy (non-hydrogen) atoms. The van der Waals surface area contributed by atoms with Gasteiger partial charge in [-0.2, -0.15) is 0 Å². The summed E-state index contributed by atoms with van der Waals surface area (Å²) in [4.78, 5) is 9.91. The highest BCUT2D eigenvalue weighted by Crippen LogP contribution is 2.31. The van der Waals surface area contributed by atoms with Crippen LogP contribution in [0.3, 0.4) is 0 Å². The number of esters is 1. The summed E-state index contributed by atoms with van der Waals surface area (Å²) in [6.45, 7) is 1.97. The van der Waals surface area contributed by atoms with Crippen molar-refractivity contribution in [3.63, 3.8) is 0 Å². The topological polar surface area (TPSA) is 86.5 Å². The molecule has 0 aliphatic carbocycles. The summed E-state index contributed by atoms with van der Waals surface area (Å²) >= 11 is 0. The van der Waals surface area contributed by atoms with E-state index in [0.717, 1.165) is 23.8 Å². The fraction of sp³-hybridized carbons (Fsp3) is 0.148. The van der Waals surface area contributed by atoms with Crippen molar-refractivity contribution in [2.45, 2.75) is 23.1 Å². The predicted octanol–water partition coefficient (Wildman–Crippen LogP) is 3.69. The summed E-state index contributed by atoms with van der Waals surface area (Å²) in [6.07, 6.45) is 5.18. The summed E-state index contributed by atoms with van der Waals surface area (Å²) in [5, 5.41) is 0. The third-order valence-electron chi connectivity index (χ3n) is 5.18. The summed E-state index contributed by atoms with van der Waals surface area (Å²) < 4.78 is 31.9. The summed E-state index contributed by atoms with van der Waals surface area (Å²) in [5.41, 5.74) is 9.66. The molecule has 5 nitrogen and oxygen atoms in total. The van der Waals surface area contributed by atoms with Gasteiger partial charge in [0, 0.05) is 11.1 Å². The van der Waals surface area contributed by atoms with Crippen LogP contribution < -0.4 is 5.73 Å². The Morgan fingerprint density at radius 2 is 1.67 bits per heavy atom. The Morgan fingerprint density at radius 3 is 2.27 bits per heavy atom. The second-order valence-electron chi connectivity index (χ2n) is 7.45. The molecule has 0 fully saturated rings. The fourth-order valence-electron chi connectivity index (χ4n) is 3.25. The lowest BCUT2D eigenvalue weighted by Crippen LogP contribution is -2.55. The molecule has 0 heterocycles. The predicted molar refractivity (Wildman–Crippen MR) is 129 cm³/mol. The number of terminal acetylenes is 1. The first kappa shape index (κ1) is 23.8. The largest absolute Gasteiger partial charge is 0.467 e. The van der Waals surface area contributed by atoms with Gasteiger partial charge < -0.3 is 10.5 Å². The lowest BCUT2D eigenvalue weighted by Gasteiger charge is -2.25. The lowest BCUT2D eigenvalue weighted by molar-refractivity contribution is -0.143. The Morgan fingerprint density at radius 1 is 1.03 bits per heavy atom. The van der Waals surface area contributed by atoms with Crippen molar-refractivity contribution in [3.05, 3.63) is 89.5 Å². The van der Waals surface area contributed by atoms with Crippen LogP contribution in [0, 0.1) is 31.1 Å². The molecule has 6 heteroatoms. The van der Waals surface area contributed by atoms with Crippen molar-refractivity contribution in [2.75, 3.05) is 7.11 Å². The SMILES string of the molecule is C#Cc1cc(-c2ccc(C)cc2)ccc1S(=O)(=O)C(N)(CC#Cc1ccccc1)C(=O)OC. The van der Waals surface area contributed by atoms with Crippen LogP contribution in [0.4, 0.5) is 0 Å². The zero-order valence-electron chi connectivity index (χ0n) is 18.3. The molecule has 0 spiro atoms. The van der Waals surface area contributed by atoms with E-state index >= 15 is 0 Å². The smallest absolute Gasteiger partial charge is 0.343 e. The number of hydrogen-bond donors (Lipinski definition) is 1. The van der Waals surface area contributed by atoms with E-state index < -0.39 is 27.1 Å². The molecule has 2 N–H and O–H groups in total. The van der Waals surface area contributed by atoms with Gasteiger partial charge in [0.05, 0.1) is 18.4 Å². The Hall–Kier alpha value is -3.84. The molecular formula is C27H23NO4S. The maximum atomic E-state index is 13.6. The van der Waals surface area contributed by atoms with Gasteiger partial charge in [0.15, 0.2) is 0 Å². The van der Waals surface area contributed by atoms with Gasteiger partial charge in [0.25, 0.3) is 0 Å². The fourth-order valence-corrected chi connectivity index (χ4v) is 4.86. The third-order valence-corrected chi connectivity index (χ3v) is 7.38. The van der Waals surface area contributed by atoms with Crippen LogP contribution >= 0.6 is 0 Å². The Balaban J connectivity index is 2.06. The molecule has 0 aliphatic heterocycles. The molecule has 0 radical (unpaired) electrons.